The topological polar surface area (TPSA) is 90.7 Å². The fraction of sp³-hybridized carbons (Fsp3) is 0.600. The van der Waals surface area contributed by atoms with Gasteiger partial charge in [0.1, 0.15) is 0 Å². The van der Waals surface area contributed by atoms with Crippen LogP contribution in [0.4, 0.5) is 4.39 Å². The van der Waals surface area contributed by atoms with E-state index in [0.717, 1.165) is 12.5 Å². The van der Waals surface area contributed by atoms with Crippen molar-refractivity contribution >= 4 is 22.4 Å². The molecule has 1 aromatic rings. The van der Waals surface area contributed by atoms with E-state index in [1.807, 2.05) is 0 Å². The second-order valence-electron chi connectivity index (χ2n) is 5.80. The average molecular weight is 383 g/mol. The third-order valence-corrected chi connectivity index (χ3v) is 5.06. The Balaban J connectivity index is 0.00000288. The third kappa shape index (κ3) is 6.18. The van der Waals surface area contributed by atoms with Crippen molar-refractivity contribution in [2.24, 2.45) is 11.7 Å². The summed E-state index contributed by atoms with van der Waals surface area (Å²) in [5.41, 5.74) is 5.57. The van der Waals surface area contributed by atoms with Crippen molar-refractivity contribution in [3.05, 3.63) is 24.0 Å². The maximum atomic E-state index is 14.0. The molecule has 2 rings (SSSR count). The molecular formula is C15H24ClFN2O4S. The Hall–Kier alpha value is -0.930. The molecule has 0 aromatic heterocycles. The summed E-state index contributed by atoms with van der Waals surface area (Å²) in [6, 6.07) is 3.53. The molecule has 9 heteroatoms. The lowest BCUT2D eigenvalue weighted by molar-refractivity contribution is 0.165. The Labute approximate surface area is 148 Å². The Bertz CT molecular complexity index is 622. The van der Waals surface area contributed by atoms with E-state index >= 15 is 0 Å². The quantitative estimate of drug-likeness (QED) is 0.713. The minimum absolute atomic E-state index is 0. The number of halogens is 2. The fourth-order valence-electron chi connectivity index (χ4n) is 2.19. The highest BCUT2D eigenvalue weighted by Gasteiger charge is 2.19. The first-order valence-corrected chi connectivity index (χ1v) is 9.12. The molecule has 1 fully saturated rings. The van der Waals surface area contributed by atoms with Crippen LogP contribution in [0, 0.1) is 11.7 Å². The summed E-state index contributed by atoms with van der Waals surface area (Å²) in [6.07, 6.45) is 1.39. The van der Waals surface area contributed by atoms with Crippen LogP contribution in [-0.2, 0) is 14.8 Å². The maximum absolute atomic E-state index is 14.0. The van der Waals surface area contributed by atoms with E-state index in [9.17, 15) is 12.8 Å². The third-order valence-electron chi connectivity index (χ3n) is 3.60. The SMILES string of the molecule is CC(N)CCNS(=O)(=O)c1ccc(OCC2CCOC2)c(F)c1.Cl. The highest BCUT2D eigenvalue weighted by atomic mass is 35.5. The molecule has 1 aliphatic rings. The summed E-state index contributed by atoms with van der Waals surface area (Å²) in [5.74, 6) is -0.400. The van der Waals surface area contributed by atoms with Crippen LogP contribution in [0.3, 0.4) is 0 Å². The van der Waals surface area contributed by atoms with Crippen LogP contribution in [-0.4, -0.2) is 40.8 Å². The fourth-order valence-corrected chi connectivity index (χ4v) is 3.25. The first-order valence-electron chi connectivity index (χ1n) is 7.64. The molecule has 2 unspecified atom stereocenters. The maximum Gasteiger partial charge on any atom is 0.240 e. The summed E-state index contributed by atoms with van der Waals surface area (Å²) < 4.78 is 51.2. The molecule has 138 valence electrons. The molecule has 1 heterocycles. The zero-order valence-electron chi connectivity index (χ0n) is 13.5. The van der Waals surface area contributed by atoms with Crippen LogP contribution in [0.5, 0.6) is 5.75 Å². The zero-order valence-corrected chi connectivity index (χ0v) is 15.2. The first kappa shape index (κ1) is 21.1. The second kappa shape index (κ2) is 9.53. The first-order chi connectivity index (χ1) is 10.9. The number of sulfonamides is 1. The highest BCUT2D eigenvalue weighted by molar-refractivity contribution is 7.89. The molecule has 0 radical (unpaired) electrons. The predicted molar refractivity (Wildman–Crippen MR) is 91.5 cm³/mol. The number of ether oxygens (including phenoxy) is 2. The lowest BCUT2D eigenvalue weighted by atomic mass is 10.1. The van der Waals surface area contributed by atoms with E-state index in [0.29, 0.717) is 26.2 Å². The molecule has 24 heavy (non-hydrogen) atoms. The van der Waals surface area contributed by atoms with Gasteiger partial charge in [-0.15, -0.1) is 12.4 Å². The van der Waals surface area contributed by atoms with Crippen LogP contribution in [0.15, 0.2) is 23.1 Å². The van der Waals surface area contributed by atoms with Crippen molar-refractivity contribution in [2.75, 3.05) is 26.4 Å². The lowest BCUT2D eigenvalue weighted by Crippen LogP contribution is -2.29. The van der Waals surface area contributed by atoms with Crippen molar-refractivity contribution < 1.29 is 22.3 Å². The van der Waals surface area contributed by atoms with E-state index < -0.39 is 15.8 Å². The van der Waals surface area contributed by atoms with Crippen LogP contribution in [0.1, 0.15) is 19.8 Å². The van der Waals surface area contributed by atoms with Gasteiger partial charge in [-0.05, 0) is 38.0 Å². The number of hydrogen-bond acceptors (Lipinski definition) is 5. The second-order valence-corrected chi connectivity index (χ2v) is 7.56. The van der Waals surface area contributed by atoms with Gasteiger partial charge >= 0.3 is 0 Å². The van der Waals surface area contributed by atoms with Crippen LogP contribution < -0.4 is 15.2 Å². The molecule has 1 aromatic carbocycles. The Morgan fingerprint density at radius 3 is 2.83 bits per heavy atom. The number of nitrogens with two attached hydrogens (primary N) is 1. The summed E-state index contributed by atoms with van der Waals surface area (Å²) in [7, 11) is -3.75. The van der Waals surface area contributed by atoms with E-state index in [1.165, 1.54) is 12.1 Å². The summed E-state index contributed by atoms with van der Waals surface area (Å²) in [4.78, 5) is -0.128. The van der Waals surface area contributed by atoms with E-state index in [2.05, 4.69) is 4.72 Å². The molecule has 1 saturated heterocycles. The van der Waals surface area contributed by atoms with Crippen LogP contribution >= 0.6 is 12.4 Å². The lowest BCUT2D eigenvalue weighted by Gasteiger charge is -2.12. The van der Waals surface area contributed by atoms with Gasteiger partial charge in [-0.3, -0.25) is 0 Å². The van der Waals surface area contributed by atoms with Gasteiger partial charge in [0.15, 0.2) is 11.6 Å². The summed E-state index contributed by atoms with van der Waals surface area (Å²) in [5, 5.41) is 0. The molecule has 6 nitrogen and oxygen atoms in total. The molecule has 0 amide bonds. The predicted octanol–water partition coefficient (Wildman–Crippen LogP) is 1.68. The molecular weight excluding hydrogens is 359 g/mol. The van der Waals surface area contributed by atoms with Crippen LogP contribution in [0.25, 0.3) is 0 Å². The highest BCUT2D eigenvalue weighted by Crippen LogP contribution is 2.23. The van der Waals surface area contributed by atoms with Crippen molar-refractivity contribution in [3.63, 3.8) is 0 Å². The van der Waals surface area contributed by atoms with Crippen molar-refractivity contribution in [1.82, 2.24) is 4.72 Å². The van der Waals surface area contributed by atoms with Gasteiger partial charge in [-0.1, -0.05) is 0 Å². The Kier molecular flexibility index (Phi) is 8.38. The molecule has 3 N–H and O–H groups in total. The van der Waals surface area contributed by atoms with Crippen molar-refractivity contribution in [1.29, 1.82) is 0 Å². The average Bonchev–Trinajstić information content (AvgIpc) is 2.98. The monoisotopic (exact) mass is 382 g/mol. The number of nitrogens with one attached hydrogen (secondary N) is 1. The summed E-state index contributed by atoms with van der Waals surface area (Å²) in [6.45, 7) is 3.66. The minimum atomic E-state index is -3.75. The summed E-state index contributed by atoms with van der Waals surface area (Å²) >= 11 is 0. The van der Waals surface area contributed by atoms with Gasteiger partial charge in [0.25, 0.3) is 0 Å². The van der Waals surface area contributed by atoms with E-state index in [-0.39, 0.29) is 41.6 Å². The van der Waals surface area contributed by atoms with E-state index in [4.69, 9.17) is 15.2 Å². The number of hydrogen-bond donors (Lipinski definition) is 2. The molecule has 1 aliphatic heterocycles. The smallest absolute Gasteiger partial charge is 0.240 e. The zero-order chi connectivity index (χ0) is 16.9. The van der Waals surface area contributed by atoms with Crippen LogP contribution in [0.2, 0.25) is 0 Å². The minimum Gasteiger partial charge on any atom is -0.490 e. The van der Waals surface area contributed by atoms with Gasteiger partial charge in [-0.2, -0.15) is 0 Å². The van der Waals surface area contributed by atoms with Gasteiger partial charge in [0, 0.05) is 25.1 Å². The van der Waals surface area contributed by atoms with Gasteiger partial charge in [0.05, 0.1) is 18.1 Å². The normalized spacial score (nSPS) is 18.9. The standard InChI is InChI=1S/C15H23FN2O4S.ClH/c1-11(17)4-6-18-23(19,20)13-2-3-15(14(16)8-13)22-10-12-5-7-21-9-12;/h2-3,8,11-12,18H,4-7,9-10,17H2,1H3;1H. The Morgan fingerprint density at radius 2 is 2.25 bits per heavy atom. The Morgan fingerprint density at radius 1 is 1.50 bits per heavy atom. The molecule has 2 atom stereocenters. The van der Waals surface area contributed by atoms with E-state index in [1.54, 1.807) is 6.92 Å². The molecule has 0 saturated carbocycles. The molecule has 0 bridgehead atoms. The van der Waals surface area contributed by atoms with Crippen molar-refractivity contribution in [3.8, 4) is 5.75 Å². The number of rotatable bonds is 8. The molecule has 0 spiro atoms. The van der Waals surface area contributed by atoms with Gasteiger partial charge in [-0.25, -0.2) is 17.5 Å². The largest absolute Gasteiger partial charge is 0.490 e. The number of benzene rings is 1. The van der Waals surface area contributed by atoms with Gasteiger partial charge < -0.3 is 15.2 Å². The van der Waals surface area contributed by atoms with Gasteiger partial charge in [0.2, 0.25) is 10.0 Å². The molecule has 0 aliphatic carbocycles. The van der Waals surface area contributed by atoms with Crippen molar-refractivity contribution in [2.45, 2.75) is 30.7 Å².